The molecule has 5 nitrogen and oxygen atoms in total. The fraction of sp³-hybridized carbons (Fsp3) is 0.588. The summed E-state index contributed by atoms with van der Waals surface area (Å²) in [5, 5.41) is 6.30. The van der Waals surface area contributed by atoms with Crippen LogP contribution in [0.25, 0.3) is 0 Å². The van der Waals surface area contributed by atoms with Crippen LogP contribution in [0.2, 0.25) is 0 Å². The SMILES string of the molecule is CCOc1cccc([C@H]2CNC[C@@H]2NC(=O)OC(C)(C)C)c1. The molecule has 2 rings (SSSR count). The molecular weight excluding hydrogens is 280 g/mol. The zero-order chi connectivity index (χ0) is 16.2. The Labute approximate surface area is 132 Å². The van der Waals surface area contributed by atoms with E-state index in [0.717, 1.165) is 24.4 Å². The number of alkyl carbamates (subject to hydrolysis) is 1. The van der Waals surface area contributed by atoms with E-state index in [0.29, 0.717) is 6.61 Å². The first kappa shape index (κ1) is 16.6. The van der Waals surface area contributed by atoms with Gasteiger partial charge in [0.05, 0.1) is 12.6 Å². The van der Waals surface area contributed by atoms with Gasteiger partial charge < -0.3 is 20.1 Å². The number of nitrogens with one attached hydrogen (secondary N) is 2. The van der Waals surface area contributed by atoms with E-state index in [9.17, 15) is 4.79 Å². The molecule has 5 heteroatoms. The molecule has 0 saturated carbocycles. The van der Waals surface area contributed by atoms with Crippen LogP contribution in [0, 0.1) is 0 Å². The molecule has 0 spiro atoms. The highest BCUT2D eigenvalue weighted by atomic mass is 16.6. The Balaban J connectivity index is 2.04. The standard InChI is InChI=1S/C17H26N2O3/c1-5-21-13-8-6-7-12(9-13)14-10-18-11-15(14)19-16(20)22-17(2,3)4/h6-9,14-15,18H,5,10-11H2,1-4H3,(H,19,20)/t14-,15+/m1/s1. The predicted molar refractivity (Wildman–Crippen MR) is 86.4 cm³/mol. The van der Waals surface area contributed by atoms with Crippen LogP contribution < -0.4 is 15.4 Å². The lowest BCUT2D eigenvalue weighted by Gasteiger charge is -2.24. The van der Waals surface area contributed by atoms with Gasteiger partial charge in [-0.15, -0.1) is 0 Å². The average molecular weight is 306 g/mol. The van der Waals surface area contributed by atoms with Crippen molar-refractivity contribution in [1.29, 1.82) is 0 Å². The van der Waals surface area contributed by atoms with E-state index in [1.165, 1.54) is 0 Å². The Hall–Kier alpha value is -1.75. The van der Waals surface area contributed by atoms with E-state index in [2.05, 4.69) is 16.7 Å². The number of benzene rings is 1. The minimum atomic E-state index is -0.486. The number of hydrogen-bond acceptors (Lipinski definition) is 4. The van der Waals surface area contributed by atoms with Crippen molar-refractivity contribution in [3.63, 3.8) is 0 Å². The molecule has 22 heavy (non-hydrogen) atoms. The zero-order valence-corrected chi connectivity index (χ0v) is 13.8. The molecule has 1 aliphatic rings. The van der Waals surface area contributed by atoms with E-state index >= 15 is 0 Å². The van der Waals surface area contributed by atoms with Gasteiger partial charge in [-0.25, -0.2) is 4.79 Å². The molecule has 1 heterocycles. The summed E-state index contributed by atoms with van der Waals surface area (Å²) in [6.07, 6.45) is -0.368. The van der Waals surface area contributed by atoms with E-state index in [1.54, 1.807) is 0 Å². The Morgan fingerprint density at radius 1 is 1.36 bits per heavy atom. The molecule has 2 N–H and O–H groups in total. The number of amides is 1. The number of carbonyl (C=O) groups is 1. The second kappa shape index (κ2) is 7.01. The fourth-order valence-electron chi connectivity index (χ4n) is 2.64. The molecule has 1 aliphatic heterocycles. The van der Waals surface area contributed by atoms with Gasteiger partial charge in [-0.3, -0.25) is 0 Å². The lowest BCUT2D eigenvalue weighted by molar-refractivity contribution is 0.0504. The molecular formula is C17H26N2O3. The van der Waals surface area contributed by atoms with Gasteiger partial charge >= 0.3 is 6.09 Å². The van der Waals surface area contributed by atoms with Crippen molar-refractivity contribution in [2.75, 3.05) is 19.7 Å². The van der Waals surface area contributed by atoms with Crippen LogP contribution in [0.3, 0.4) is 0 Å². The first-order chi connectivity index (χ1) is 10.4. The molecule has 1 aromatic carbocycles. The predicted octanol–water partition coefficient (Wildman–Crippen LogP) is 2.67. The summed E-state index contributed by atoms with van der Waals surface area (Å²) >= 11 is 0. The summed E-state index contributed by atoms with van der Waals surface area (Å²) < 4.78 is 10.9. The Kier molecular flexibility index (Phi) is 5.29. The number of rotatable bonds is 4. The first-order valence-electron chi connectivity index (χ1n) is 7.82. The topological polar surface area (TPSA) is 59.6 Å². The number of hydrogen-bond donors (Lipinski definition) is 2. The summed E-state index contributed by atoms with van der Waals surface area (Å²) in [6.45, 7) is 9.77. The van der Waals surface area contributed by atoms with Gasteiger partial charge in [0, 0.05) is 19.0 Å². The van der Waals surface area contributed by atoms with Crippen molar-refractivity contribution in [3.05, 3.63) is 29.8 Å². The Morgan fingerprint density at radius 3 is 2.82 bits per heavy atom. The largest absolute Gasteiger partial charge is 0.494 e. The summed E-state index contributed by atoms with van der Waals surface area (Å²) in [6, 6.07) is 8.08. The van der Waals surface area contributed by atoms with Gasteiger partial charge in [0.1, 0.15) is 11.4 Å². The van der Waals surface area contributed by atoms with Crippen molar-refractivity contribution in [1.82, 2.24) is 10.6 Å². The summed E-state index contributed by atoms with van der Waals surface area (Å²) in [4.78, 5) is 12.0. The Morgan fingerprint density at radius 2 is 2.14 bits per heavy atom. The van der Waals surface area contributed by atoms with Crippen LogP contribution in [0.5, 0.6) is 5.75 Å². The molecule has 0 radical (unpaired) electrons. The van der Waals surface area contributed by atoms with Gasteiger partial charge in [-0.2, -0.15) is 0 Å². The third-order valence-electron chi connectivity index (χ3n) is 3.51. The van der Waals surface area contributed by atoms with Crippen LogP contribution in [0.15, 0.2) is 24.3 Å². The molecule has 0 unspecified atom stereocenters. The first-order valence-corrected chi connectivity index (χ1v) is 7.82. The quantitative estimate of drug-likeness (QED) is 0.898. The van der Waals surface area contributed by atoms with Crippen LogP contribution in [0.4, 0.5) is 4.79 Å². The summed E-state index contributed by atoms with van der Waals surface area (Å²) in [5.41, 5.74) is 0.678. The summed E-state index contributed by atoms with van der Waals surface area (Å²) in [7, 11) is 0. The molecule has 1 aromatic rings. The van der Waals surface area contributed by atoms with Gasteiger partial charge in [-0.05, 0) is 45.4 Å². The van der Waals surface area contributed by atoms with Crippen molar-refractivity contribution in [2.24, 2.45) is 0 Å². The summed E-state index contributed by atoms with van der Waals surface area (Å²) in [5.74, 6) is 1.08. The minimum Gasteiger partial charge on any atom is -0.494 e. The third-order valence-corrected chi connectivity index (χ3v) is 3.51. The average Bonchev–Trinajstić information content (AvgIpc) is 2.85. The fourth-order valence-corrected chi connectivity index (χ4v) is 2.64. The highest BCUT2D eigenvalue weighted by Gasteiger charge is 2.31. The molecule has 122 valence electrons. The van der Waals surface area contributed by atoms with Gasteiger partial charge in [-0.1, -0.05) is 12.1 Å². The van der Waals surface area contributed by atoms with Crippen molar-refractivity contribution < 1.29 is 14.3 Å². The maximum atomic E-state index is 12.0. The van der Waals surface area contributed by atoms with Crippen molar-refractivity contribution in [2.45, 2.75) is 45.3 Å². The van der Waals surface area contributed by atoms with Gasteiger partial charge in [0.2, 0.25) is 0 Å². The molecule has 0 aliphatic carbocycles. The maximum absolute atomic E-state index is 12.0. The highest BCUT2D eigenvalue weighted by molar-refractivity contribution is 5.68. The lowest BCUT2D eigenvalue weighted by atomic mass is 9.94. The van der Waals surface area contributed by atoms with Crippen LogP contribution in [-0.4, -0.2) is 37.4 Å². The Bertz CT molecular complexity index is 511. The number of ether oxygens (including phenoxy) is 2. The van der Waals surface area contributed by atoms with Crippen LogP contribution in [0.1, 0.15) is 39.2 Å². The molecule has 1 saturated heterocycles. The van der Waals surface area contributed by atoms with Crippen LogP contribution in [-0.2, 0) is 4.74 Å². The zero-order valence-electron chi connectivity index (χ0n) is 13.8. The highest BCUT2D eigenvalue weighted by Crippen LogP contribution is 2.26. The molecule has 0 bridgehead atoms. The minimum absolute atomic E-state index is 0.0201. The van der Waals surface area contributed by atoms with Crippen molar-refractivity contribution in [3.8, 4) is 5.75 Å². The second-order valence-electron chi connectivity index (χ2n) is 6.52. The number of carbonyl (C=O) groups excluding carboxylic acids is 1. The van der Waals surface area contributed by atoms with E-state index in [1.807, 2.05) is 45.9 Å². The van der Waals surface area contributed by atoms with Gasteiger partial charge in [0.25, 0.3) is 0 Å². The molecule has 0 aromatic heterocycles. The maximum Gasteiger partial charge on any atom is 0.407 e. The normalized spacial score (nSPS) is 21.5. The lowest BCUT2D eigenvalue weighted by Crippen LogP contribution is -2.42. The van der Waals surface area contributed by atoms with E-state index < -0.39 is 5.60 Å². The monoisotopic (exact) mass is 306 g/mol. The van der Waals surface area contributed by atoms with Crippen LogP contribution >= 0.6 is 0 Å². The smallest absolute Gasteiger partial charge is 0.407 e. The van der Waals surface area contributed by atoms with E-state index in [4.69, 9.17) is 9.47 Å². The van der Waals surface area contributed by atoms with Crippen molar-refractivity contribution >= 4 is 6.09 Å². The van der Waals surface area contributed by atoms with E-state index in [-0.39, 0.29) is 18.1 Å². The molecule has 1 fully saturated rings. The molecule has 2 atom stereocenters. The molecule has 1 amide bonds. The van der Waals surface area contributed by atoms with Gasteiger partial charge in [0.15, 0.2) is 0 Å². The third kappa shape index (κ3) is 4.63. The second-order valence-corrected chi connectivity index (χ2v) is 6.52.